The highest BCUT2D eigenvalue weighted by Gasteiger charge is 2.62. The van der Waals surface area contributed by atoms with Gasteiger partial charge in [-0.15, -0.1) is 10.2 Å². The molecule has 3 aliphatic rings. The maximum atomic E-state index is 15.7. The quantitative estimate of drug-likeness (QED) is 0.555. The Morgan fingerprint density at radius 1 is 1.31 bits per heavy atom. The van der Waals surface area contributed by atoms with Gasteiger partial charge in [-0.2, -0.15) is 0 Å². The zero-order valence-electron chi connectivity index (χ0n) is 17.7. The van der Waals surface area contributed by atoms with Crippen LogP contribution >= 0.6 is 11.3 Å². The van der Waals surface area contributed by atoms with Crippen molar-refractivity contribution in [1.82, 2.24) is 20.8 Å². The third-order valence-electron chi connectivity index (χ3n) is 6.33. The summed E-state index contributed by atoms with van der Waals surface area (Å²) in [5, 5.41) is 25.0. The average Bonchev–Trinajstić information content (AvgIpc) is 3.14. The number of carbonyl (C=O) groups excluding carboxylic acids is 2. The number of aryl methyl sites for hydroxylation is 1. The first kappa shape index (κ1) is 20.8. The molecule has 2 unspecified atom stereocenters. The number of aromatic nitrogens is 2. The summed E-state index contributed by atoms with van der Waals surface area (Å²) in [6.45, 7) is 9.25. The van der Waals surface area contributed by atoms with Gasteiger partial charge in [0.25, 0.3) is 0 Å². The molecule has 32 heavy (non-hydrogen) atoms. The molecular formula is C21H22FN5O4S. The normalized spacial score (nSPS) is 26.4. The molecule has 3 aliphatic heterocycles. The summed E-state index contributed by atoms with van der Waals surface area (Å²) in [7, 11) is 0. The topological polar surface area (TPSA) is 117 Å². The molecule has 2 amide bonds. The molecular weight excluding hydrogens is 437 g/mol. The zero-order chi connectivity index (χ0) is 22.9. The van der Waals surface area contributed by atoms with E-state index in [0.29, 0.717) is 15.6 Å². The zero-order valence-corrected chi connectivity index (χ0v) is 18.5. The standard InChI is InChI=1S/C21H22FN5O4S/c1-8-7-27-15-12(5-13(16(28)14(15)22)18-26-25-11(4)32-18)6-21(17(27)9(2)31-8)19(29)23-10(3)24-20(21)30/h5,8-9,17,28H,3,6-7H2,1-2,4H3,(H,23,29)(H,24,30)/t8?,9?,17-/m0/s1. The minimum absolute atomic E-state index is 0.0709. The smallest absolute Gasteiger partial charge is 0.243 e. The molecule has 168 valence electrons. The molecule has 2 fully saturated rings. The molecule has 0 saturated carbocycles. The number of phenolic OH excluding ortho intramolecular Hbond substituents is 1. The van der Waals surface area contributed by atoms with Crippen LogP contribution in [0.25, 0.3) is 10.6 Å². The van der Waals surface area contributed by atoms with Crippen LogP contribution in [0.3, 0.4) is 0 Å². The van der Waals surface area contributed by atoms with Crippen LogP contribution in [0.4, 0.5) is 10.1 Å². The van der Waals surface area contributed by atoms with Gasteiger partial charge in [-0.25, -0.2) is 4.39 Å². The molecule has 2 aromatic rings. The van der Waals surface area contributed by atoms with E-state index in [1.165, 1.54) is 11.3 Å². The van der Waals surface area contributed by atoms with E-state index in [1.807, 2.05) is 6.92 Å². The lowest BCUT2D eigenvalue weighted by molar-refractivity contribution is -0.154. The van der Waals surface area contributed by atoms with Crippen molar-refractivity contribution >= 4 is 28.8 Å². The summed E-state index contributed by atoms with van der Waals surface area (Å²) in [6, 6.07) is 0.823. The Balaban J connectivity index is 1.75. The van der Waals surface area contributed by atoms with Crippen LogP contribution in [-0.2, 0) is 20.7 Å². The number of hydrogen-bond donors (Lipinski definition) is 3. The molecule has 1 aromatic carbocycles. The van der Waals surface area contributed by atoms with Gasteiger partial charge in [0.1, 0.15) is 10.8 Å². The van der Waals surface area contributed by atoms with Crippen molar-refractivity contribution in [2.24, 2.45) is 5.41 Å². The van der Waals surface area contributed by atoms with Crippen LogP contribution < -0.4 is 15.5 Å². The first-order chi connectivity index (χ1) is 15.1. The molecule has 2 saturated heterocycles. The van der Waals surface area contributed by atoms with Crippen LogP contribution in [-0.4, -0.2) is 51.9 Å². The van der Waals surface area contributed by atoms with E-state index in [0.717, 1.165) is 0 Å². The van der Waals surface area contributed by atoms with Crippen molar-refractivity contribution < 1.29 is 23.8 Å². The number of nitrogens with one attached hydrogen (secondary N) is 2. The van der Waals surface area contributed by atoms with Gasteiger partial charge in [-0.3, -0.25) is 9.59 Å². The first-order valence-corrected chi connectivity index (χ1v) is 11.0. The van der Waals surface area contributed by atoms with Crippen LogP contribution in [0.1, 0.15) is 24.4 Å². The number of morpholine rings is 1. The number of ether oxygens (including phenoxy) is 1. The molecule has 0 aliphatic carbocycles. The second-order valence-electron chi connectivity index (χ2n) is 8.50. The molecule has 1 aromatic heterocycles. The van der Waals surface area contributed by atoms with Crippen LogP contribution in [0.15, 0.2) is 18.5 Å². The first-order valence-electron chi connectivity index (χ1n) is 10.2. The van der Waals surface area contributed by atoms with Gasteiger partial charge in [-0.1, -0.05) is 17.9 Å². The Bertz CT molecular complexity index is 1160. The number of rotatable bonds is 1. The third-order valence-corrected chi connectivity index (χ3v) is 7.20. The summed E-state index contributed by atoms with van der Waals surface area (Å²) < 4.78 is 21.6. The van der Waals surface area contributed by atoms with Gasteiger partial charge in [0.05, 0.1) is 29.5 Å². The number of amides is 2. The predicted molar refractivity (Wildman–Crippen MR) is 114 cm³/mol. The lowest BCUT2D eigenvalue weighted by Gasteiger charge is -2.55. The van der Waals surface area contributed by atoms with Crippen LogP contribution in [0.5, 0.6) is 5.75 Å². The molecule has 0 bridgehead atoms. The van der Waals surface area contributed by atoms with Crippen LogP contribution in [0.2, 0.25) is 0 Å². The monoisotopic (exact) mass is 459 g/mol. The van der Waals surface area contributed by atoms with Crippen molar-refractivity contribution in [3.05, 3.63) is 34.9 Å². The summed E-state index contributed by atoms with van der Waals surface area (Å²) in [6.07, 6.45) is -0.902. The molecule has 11 heteroatoms. The highest BCUT2D eigenvalue weighted by Crippen LogP contribution is 2.51. The van der Waals surface area contributed by atoms with Gasteiger partial charge in [0.15, 0.2) is 22.0 Å². The maximum absolute atomic E-state index is 15.7. The van der Waals surface area contributed by atoms with E-state index in [-0.39, 0.29) is 36.1 Å². The number of phenols is 1. The molecule has 5 rings (SSSR count). The Kier molecular flexibility index (Phi) is 4.54. The largest absolute Gasteiger partial charge is 0.504 e. The number of aromatic hydroxyl groups is 1. The molecule has 4 heterocycles. The van der Waals surface area contributed by atoms with Gasteiger partial charge in [0, 0.05) is 13.0 Å². The van der Waals surface area contributed by atoms with Crippen molar-refractivity contribution in [2.45, 2.75) is 45.4 Å². The molecule has 1 spiro atoms. The molecule has 9 nitrogen and oxygen atoms in total. The van der Waals surface area contributed by atoms with Crippen LogP contribution in [0, 0.1) is 18.2 Å². The van der Waals surface area contributed by atoms with Gasteiger partial charge in [0.2, 0.25) is 11.8 Å². The SMILES string of the molecule is C=C1NC(=O)C2(Cc3cc(-c4nnc(C)s4)c(O)c(F)c3N3CC(C)OC(C)[C@H]32)C(=O)N1. The van der Waals surface area contributed by atoms with Crippen molar-refractivity contribution in [3.8, 4) is 16.3 Å². The summed E-state index contributed by atoms with van der Waals surface area (Å²) >= 11 is 1.21. The number of fused-ring (bicyclic) bond motifs is 4. The number of halogens is 1. The fourth-order valence-electron chi connectivity index (χ4n) is 5.19. The molecule has 0 radical (unpaired) electrons. The second kappa shape index (κ2) is 6.97. The minimum Gasteiger partial charge on any atom is -0.504 e. The Labute approximate surface area is 187 Å². The number of benzene rings is 1. The number of anilines is 1. The third kappa shape index (κ3) is 2.77. The predicted octanol–water partition coefficient (Wildman–Crippen LogP) is 1.60. The van der Waals surface area contributed by atoms with Gasteiger partial charge in [-0.05, 0) is 32.4 Å². The summed E-state index contributed by atoms with van der Waals surface area (Å²) in [4.78, 5) is 28.3. The Morgan fingerprint density at radius 2 is 2.00 bits per heavy atom. The fraction of sp³-hybridized carbons (Fsp3) is 0.429. The van der Waals surface area contributed by atoms with E-state index in [9.17, 15) is 14.7 Å². The maximum Gasteiger partial charge on any atom is 0.243 e. The van der Waals surface area contributed by atoms with E-state index in [2.05, 4.69) is 27.4 Å². The molecule has 3 atom stereocenters. The lowest BCUT2D eigenvalue weighted by atomic mass is 9.66. The van der Waals surface area contributed by atoms with E-state index in [4.69, 9.17) is 4.74 Å². The summed E-state index contributed by atoms with van der Waals surface area (Å²) in [5.41, 5.74) is -0.782. The van der Waals surface area contributed by atoms with Crippen molar-refractivity contribution in [3.63, 3.8) is 0 Å². The Hall–Kier alpha value is -3.05. The van der Waals surface area contributed by atoms with Crippen molar-refractivity contribution in [1.29, 1.82) is 0 Å². The van der Waals surface area contributed by atoms with E-state index < -0.39 is 40.9 Å². The minimum atomic E-state index is -1.56. The summed E-state index contributed by atoms with van der Waals surface area (Å²) in [5.74, 6) is -2.28. The number of nitrogens with zero attached hydrogens (tertiary/aromatic N) is 3. The van der Waals surface area contributed by atoms with E-state index >= 15 is 4.39 Å². The van der Waals surface area contributed by atoms with Crippen molar-refractivity contribution in [2.75, 3.05) is 11.4 Å². The fourth-order valence-corrected chi connectivity index (χ4v) is 5.90. The van der Waals surface area contributed by atoms with E-state index in [1.54, 1.807) is 24.8 Å². The highest BCUT2D eigenvalue weighted by atomic mass is 32.1. The number of hydrogen-bond acceptors (Lipinski definition) is 8. The average molecular weight is 460 g/mol. The second-order valence-corrected chi connectivity index (χ2v) is 9.69. The van der Waals surface area contributed by atoms with Gasteiger partial charge < -0.3 is 25.4 Å². The van der Waals surface area contributed by atoms with Gasteiger partial charge >= 0.3 is 0 Å². The molecule has 3 N–H and O–H groups in total. The lowest BCUT2D eigenvalue weighted by Crippen LogP contribution is -2.73. The number of carbonyl (C=O) groups is 2. The Morgan fingerprint density at radius 3 is 2.62 bits per heavy atom. The highest BCUT2D eigenvalue weighted by molar-refractivity contribution is 7.14.